The summed E-state index contributed by atoms with van der Waals surface area (Å²) < 4.78 is 2.26. The number of rotatable bonds is 4. The van der Waals surface area contributed by atoms with Crippen LogP contribution in [-0.4, -0.2) is 34.9 Å². The number of aromatic nitrogens is 7. The SMILES string of the molecule is NNc1nc(Sc2nncs2)nc(-n2cccn2)n1. The minimum absolute atomic E-state index is 0.257. The van der Waals surface area contributed by atoms with Crippen LogP contribution in [0.1, 0.15) is 0 Å². The zero-order chi connectivity index (χ0) is 13.1. The molecule has 0 bridgehead atoms. The number of nitrogens with two attached hydrogens (primary N) is 1. The largest absolute Gasteiger partial charge is 0.292 e. The molecular weight excluding hydrogens is 286 g/mol. The lowest BCUT2D eigenvalue weighted by atomic mass is 10.7. The van der Waals surface area contributed by atoms with Crippen LogP contribution in [0.4, 0.5) is 5.95 Å². The fourth-order valence-corrected chi connectivity index (χ4v) is 2.56. The average molecular weight is 293 g/mol. The van der Waals surface area contributed by atoms with Gasteiger partial charge in [0.25, 0.3) is 5.95 Å². The van der Waals surface area contributed by atoms with E-state index in [-0.39, 0.29) is 5.95 Å². The van der Waals surface area contributed by atoms with Gasteiger partial charge in [-0.1, -0.05) is 11.3 Å². The summed E-state index contributed by atoms with van der Waals surface area (Å²) in [6.07, 6.45) is 3.37. The second-order valence-electron chi connectivity index (χ2n) is 3.14. The van der Waals surface area contributed by atoms with Crippen molar-refractivity contribution in [2.45, 2.75) is 9.50 Å². The van der Waals surface area contributed by atoms with E-state index in [4.69, 9.17) is 5.84 Å². The standard InChI is InChI=1S/C8H7N9S2/c9-15-5-12-6(17-3-1-2-11-17)14-7(13-5)19-8-16-10-4-18-8/h1-4H,9H2,(H,12,13,14,15). The summed E-state index contributed by atoms with van der Waals surface area (Å²) in [4.78, 5) is 12.5. The summed E-state index contributed by atoms with van der Waals surface area (Å²) in [5.41, 5.74) is 4.04. The number of nitrogens with zero attached hydrogens (tertiary/aromatic N) is 7. The first-order valence-corrected chi connectivity index (χ1v) is 6.71. The quantitative estimate of drug-likeness (QED) is 0.518. The molecule has 0 atom stereocenters. The van der Waals surface area contributed by atoms with Gasteiger partial charge in [0.05, 0.1) is 0 Å². The molecule has 0 aliphatic rings. The fourth-order valence-electron chi connectivity index (χ4n) is 1.23. The molecule has 0 spiro atoms. The number of hydrazine groups is 1. The van der Waals surface area contributed by atoms with Gasteiger partial charge >= 0.3 is 0 Å². The zero-order valence-electron chi connectivity index (χ0n) is 9.33. The Kier molecular flexibility index (Phi) is 3.31. The lowest BCUT2D eigenvalue weighted by molar-refractivity contribution is 0.760. The number of anilines is 1. The second-order valence-corrected chi connectivity index (χ2v) is 5.19. The summed E-state index contributed by atoms with van der Waals surface area (Å²) in [5, 5.41) is 12.2. The van der Waals surface area contributed by atoms with Crippen molar-refractivity contribution in [2.75, 3.05) is 5.43 Å². The first-order valence-electron chi connectivity index (χ1n) is 5.02. The van der Waals surface area contributed by atoms with Crippen LogP contribution in [0.3, 0.4) is 0 Å². The Labute approximate surface area is 115 Å². The zero-order valence-corrected chi connectivity index (χ0v) is 11.0. The van der Waals surface area contributed by atoms with Gasteiger partial charge in [-0.15, -0.1) is 10.2 Å². The summed E-state index contributed by atoms with van der Waals surface area (Å²) in [5.74, 6) is 5.98. The first kappa shape index (κ1) is 12.0. The van der Waals surface area contributed by atoms with Crippen LogP contribution in [0.5, 0.6) is 0 Å². The Morgan fingerprint density at radius 3 is 2.95 bits per heavy atom. The molecule has 0 saturated carbocycles. The van der Waals surface area contributed by atoms with Crippen molar-refractivity contribution >= 4 is 29.0 Å². The van der Waals surface area contributed by atoms with Crippen LogP contribution < -0.4 is 11.3 Å². The van der Waals surface area contributed by atoms with Crippen molar-refractivity contribution in [3.8, 4) is 5.95 Å². The Hall–Kier alpha value is -2.11. The molecule has 3 aromatic heterocycles. The van der Waals surface area contributed by atoms with Crippen LogP contribution in [0.2, 0.25) is 0 Å². The van der Waals surface area contributed by atoms with Gasteiger partial charge < -0.3 is 0 Å². The third kappa shape index (κ3) is 2.67. The number of hydrogen-bond donors (Lipinski definition) is 2. The molecule has 3 N–H and O–H groups in total. The normalized spacial score (nSPS) is 10.6. The molecule has 3 heterocycles. The van der Waals surface area contributed by atoms with E-state index < -0.39 is 0 Å². The van der Waals surface area contributed by atoms with Gasteiger partial charge in [0, 0.05) is 12.4 Å². The fraction of sp³-hybridized carbons (Fsp3) is 0. The molecule has 0 radical (unpaired) electrons. The maximum absolute atomic E-state index is 5.35. The van der Waals surface area contributed by atoms with Gasteiger partial charge in [-0.2, -0.15) is 20.1 Å². The Balaban J connectivity index is 1.98. The maximum Gasteiger partial charge on any atom is 0.256 e. The Bertz CT molecular complexity index is 651. The monoisotopic (exact) mass is 293 g/mol. The molecule has 3 aromatic rings. The third-order valence-electron chi connectivity index (χ3n) is 1.96. The van der Waals surface area contributed by atoms with Gasteiger partial charge in [-0.25, -0.2) is 10.5 Å². The lowest BCUT2D eigenvalue weighted by Crippen LogP contribution is -2.14. The molecule has 3 rings (SSSR count). The number of hydrogen-bond acceptors (Lipinski definition) is 10. The highest BCUT2D eigenvalue weighted by atomic mass is 32.2. The molecular formula is C8H7N9S2. The molecule has 0 amide bonds. The predicted octanol–water partition coefficient (Wildman–Crippen LogP) is 0.346. The molecule has 11 heteroatoms. The molecule has 0 aromatic carbocycles. The van der Waals surface area contributed by atoms with E-state index in [1.54, 1.807) is 24.0 Å². The highest BCUT2D eigenvalue weighted by Gasteiger charge is 2.10. The lowest BCUT2D eigenvalue weighted by Gasteiger charge is -2.04. The molecule has 0 unspecified atom stereocenters. The van der Waals surface area contributed by atoms with Crippen molar-refractivity contribution in [3.63, 3.8) is 0 Å². The van der Waals surface area contributed by atoms with Crippen LogP contribution >= 0.6 is 23.1 Å². The second kappa shape index (κ2) is 5.26. The van der Waals surface area contributed by atoms with Crippen LogP contribution in [0.15, 0.2) is 33.5 Å². The van der Waals surface area contributed by atoms with Crippen molar-refractivity contribution in [3.05, 3.63) is 24.0 Å². The molecule has 19 heavy (non-hydrogen) atoms. The van der Waals surface area contributed by atoms with Crippen molar-refractivity contribution in [2.24, 2.45) is 5.84 Å². The Morgan fingerprint density at radius 1 is 1.32 bits per heavy atom. The smallest absolute Gasteiger partial charge is 0.256 e. The van der Waals surface area contributed by atoms with E-state index in [0.717, 1.165) is 4.34 Å². The van der Waals surface area contributed by atoms with Crippen molar-refractivity contribution < 1.29 is 0 Å². The van der Waals surface area contributed by atoms with E-state index in [1.165, 1.54) is 27.8 Å². The first-order chi connectivity index (χ1) is 9.35. The summed E-state index contributed by atoms with van der Waals surface area (Å²) in [7, 11) is 0. The molecule has 0 fully saturated rings. The highest BCUT2D eigenvalue weighted by molar-refractivity contribution is 8.00. The molecule has 96 valence electrons. The van der Waals surface area contributed by atoms with Crippen molar-refractivity contribution in [1.82, 2.24) is 34.9 Å². The number of nitrogens with one attached hydrogen (secondary N) is 1. The topological polar surface area (TPSA) is 120 Å². The van der Waals surface area contributed by atoms with Gasteiger partial charge in [0.1, 0.15) is 5.51 Å². The Morgan fingerprint density at radius 2 is 2.26 bits per heavy atom. The van der Waals surface area contributed by atoms with E-state index >= 15 is 0 Å². The van der Waals surface area contributed by atoms with Gasteiger partial charge in [-0.05, 0) is 17.8 Å². The van der Waals surface area contributed by atoms with Gasteiger partial charge in [-0.3, -0.25) is 5.43 Å². The molecule has 9 nitrogen and oxygen atoms in total. The van der Waals surface area contributed by atoms with Gasteiger partial charge in [0.15, 0.2) is 4.34 Å². The van der Waals surface area contributed by atoms with Crippen molar-refractivity contribution in [1.29, 1.82) is 0 Å². The summed E-state index contributed by atoms with van der Waals surface area (Å²) in [6, 6.07) is 1.77. The average Bonchev–Trinajstić information content (AvgIpc) is 3.11. The van der Waals surface area contributed by atoms with E-state index in [0.29, 0.717) is 11.1 Å². The minimum atomic E-state index is 0.257. The molecule has 0 aliphatic carbocycles. The number of nitrogen functional groups attached to an aromatic ring is 1. The highest BCUT2D eigenvalue weighted by Crippen LogP contribution is 2.26. The minimum Gasteiger partial charge on any atom is -0.292 e. The molecule has 0 saturated heterocycles. The van der Waals surface area contributed by atoms with Crippen LogP contribution in [0.25, 0.3) is 5.95 Å². The van der Waals surface area contributed by atoms with Crippen LogP contribution in [0, 0.1) is 0 Å². The summed E-state index contributed by atoms with van der Waals surface area (Å²) in [6.45, 7) is 0. The summed E-state index contributed by atoms with van der Waals surface area (Å²) >= 11 is 2.68. The molecule has 0 aliphatic heterocycles. The maximum atomic E-state index is 5.35. The van der Waals surface area contributed by atoms with E-state index in [1.807, 2.05) is 0 Å². The van der Waals surface area contributed by atoms with E-state index in [9.17, 15) is 0 Å². The van der Waals surface area contributed by atoms with E-state index in [2.05, 4.69) is 35.7 Å². The third-order valence-corrected chi connectivity index (χ3v) is 3.60. The van der Waals surface area contributed by atoms with Gasteiger partial charge in [0.2, 0.25) is 11.1 Å². The van der Waals surface area contributed by atoms with Crippen LogP contribution in [-0.2, 0) is 0 Å². The predicted molar refractivity (Wildman–Crippen MR) is 68.8 cm³/mol.